The van der Waals surface area contributed by atoms with Gasteiger partial charge in [0.05, 0.1) is 0 Å². The van der Waals surface area contributed by atoms with Crippen LogP contribution in [-0.2, 0) is 0 Å². The summed E-state index contributed by atoms with van der Waals surface area (Å²) in [4.78, 5) is 0. The Morgan fingerprint density at radius 2 is 1.44 bits per heavy atom. The Hall–Kier alpha value is -0.790. The first kappa shape index (κ1) is 11.7. The number of hydrogen-bond donors (Lipinski definition) is 0. The minimum atomic E-state index is 0.519. The SMILES string of the molecule is CCN(Cl)CC(C1C=CC=C1)C1C=CC=C1. The fourth-order valence-corrected chi connectivity index (χ4v) is 2.49. The van der Waals surface area contributed by atoms with Crippen molar-refractivity contribution in [1.82, 2.24) is 4.42 Å². The second kappa shape index (κ2) is 5.51. The van der Waals surface area contributed by atoms with Crippen LogP contribution in [0.4, 0.5) is 0 Å². The van der Waals surface area contributed by atoms with Gasteiger partial charge in [-0.3, -0.25) is 0 Å². The topological polar surface area (TPSA) is 3.24 Å². The lowest BCUT2D eigenvalue weighted by Gasteiger charge is -2.28. The molecule has 0 aromatic rings. The Kier molecular flexibility index (Phi) is 4.03. The van der Waals surface area contributed by atoms with Crippen LogP contribution in [-0.4, -0.2) is 17.5 Å². The molecule has 86 valence electrons. The first-order chi connectivity index (χ1) is 7.81. The highest BCUT2D eigenvalue weighted by atomic mass is 35.5. The molecule has 0 unspecified atom stereocenters. The van der Waals surface area contributed by atoms with Gasteiger partial charge in [0.15, 0.2) is 0 Å². The summed E-state index contributed by atoms with van der Waals surface area (Å²) >= 11 is 6.15. The van der Waals surface area contributed by atoms with Crippen LogP contribution >= 0.6 is 11.8 Å². The Balaban J connectivity index is 2.06. The molecule has 0 amide bonds. The number of rotatable bonds is 5. The third kappa shape index (κ3) is 2.66. The van der Waals surface area contributed by atoms with E-state index in [0.29, 0.717) is 17.8 Å². The Morgan fingerprint density at radius 3 is 1.81 bits per heavy atom. The van der Waals surface area contributed by atoms with Crippen LogP contribution < -0.4 is 0 Å². The van der Waals surface area contributed by atoms with E-state index in [9.17, 15) is 0 Å². The van der Waals surface area contributed by atoms with Crippen LogP contribution in [0.15, 0.2) is 48.6 Å². The molecule has 0 saturated heterocycles. The minimum absolute atomic E-state index is 0.519. The van der Waals surface area contributed by atoms with Crippen molar-refractivity contribution >= 4 is 11.8 Å². The number of halogens is 1. The molecule has 2 heteroatoms. The standard InChI is InChI=1S/C14H18ClN/c1-2-16(15)11-14(12-7-3-4-8-12)13-9-5-6-10-13/h3-10,12-14H,2,11H2,1H3. The van der Waals surface area contributed by atoms with Crippen molar-refractivity contribution in [3.8, 4) is 0 Å². The smallest absolute Gasteiger partial charge is 0.0184 e. The lowest BCUT2D eigenvalue weighted by molar-refractivity contribution is 0.304. The molecule has 0 radical (unpaired) electrons. The molecule has 0 aromatic heterocycles. The molecule has 0 bridgehead atoms. The van der Waals surface area contributed by atoms with Gasteiger partial charge in [-0.1, -0.05) is 55.5 Å². The Labute approximate surface area is 103 Å². The first-order valence-corrected chi connectivity index (χ1v) is 6.25. The van der Waals surface area contributed by atoms with E-state index in [-0.39, 0.29) is 0 Å². The normalized spacial score (nSPS) is 20.0. The van der Waals surface area contributed by atoms with E-state index in [4.69, 9.17) is 11.8 Å². The number of allylic oxidation sites excluding steroid dienone is 8. The van der Waals surface area contributed by atoms with Crippen molar-refractivity contribution in [3.63, 3.8) is 0 Å². The molecule has 16 heavy (non-hydrogen) atoms. The average Bonchev–Trinajstić information content (AvgIpc) is 2.97. The van der Waals surface area contributed by atoms with E-state index in [1.807, 2.05) is 4.42 Å². The molecule has 2 aliphatic carbocycles. The molecule has 0 heterocycles. The van der Waals surface area contributed by atoms with Gasteiger partial charge in [0.1, 0.15) is 0 Å². The summed E-state index contributed by atoms with van der Waals surface area (Å²) in [7, 11) is 0. The van der Waals surface area contributed by atoms with Crippen LogP contribution in [0.1, 0.15) is 6.92 Å². The van der Waals surface area contributed by atoms with Crippen molar-refractivity contribution in [3.05, 3.63) is 48.6 Å². The quantitative estimate of drug-likeness (QED) is 0.659. The first-order valence-electron chi connectivity index (χ1n) is 5.92. The van der Waals surface area contributed by atoms with Gasteiger partial charge >= 0.3 is 0 Å². The zero-order chi connectivity index (χ0) is 11.4. The van der Waals surface area contributed by atoms with E-state index in [1.54, 1.807) is 0 Å². The van der Waals surface area contributed by atoms with Crippen LogP contribution in [0.5, 0.6) is 0 Å². The van der Waals surface area contributed by atoms with Crippen molar-refractivity contribution < 1.29 is 0 Å². The van der Waals surface area contributed by atoms with Crippen LogP contribution in [0.25, 0.3) is 0 Å². The Morgan fingerprint density at radius 1 is 1.00 bits per heavy atom. The maximum absolute atomic E-state index is 6.15. The minimum Gasteiger partial charge on any atom is -0.220 e. The maximum atomic E-state index is 6.15. The monoisotopic (exact) mass is 235 g/mol. The molecule has 2 aliphatic rings. The molecule has 0 N–H and O–H groups in total. The number of nitrogens with zero attached hydrogens (tertiary/aromatic N) is 1. The molecule has 0 saturated carbocycles. The van der Waals surface area contributed by atoms with Crippen LogP contribution in [0.3, 0.4) is 0 Å². The summed E-state index contributed by atoms with van der Waals surface area (Å²) in [6, 6.07) is 0. The van der Waals surface area contributed by atoms with Crippen LogP contribution in [0, 0.1) is 17.8 Å². The molecule has 1 nitrogen and oxygen atoms in total. The van der Waals surface area contributed by atoms with E-state index >= 15 is 0 Å². The molecule has 0 atom stereocenters. The van der Waals surface area contributed by atoms with Gasteiger partial charge < -0.3 is 0 Å². The van der Waals surface area contributed by atoms with Gasteiger partial charge in [0, 0.05) is 24.9 Å². The van der Waals surface area contributed by atoms with Crippen LogP contribution in [0.2, 0.25) is 0 Å². The number of hydrogen-bond acceptors (Lipinski definition) is 1. The fourth-order valence-electron chi connectivity index (χ4n) is 2.33. The van der Waals surface area contributed by atoms with Crippen molar-refractivity contribution in [2.24, 2.45) is 17.8 Å². The highest BCUT2D eigenvalue weighted by Crippen LogP contribution is 2.31. The summed E-state index contributed by atoms with van der Waals surface area (Å²) in [6.45, 7) is 3.90. The van der Waals surface area contributed by atoms with Crippen molar-refractivity contribution in [2.45, 2.75) is 6.92 Å². The van der Waals surface area contributed by atoms with Crippen molar-refractivity contribution in [2.75, 3.05) is 13.1 Å². The van der Waals surface area contributed by atoms with Gasteiger partial charge in [-0.05, 0) is 17.7 Å². The lowest BCUT2D eigenvalue weighted by atomic mass is 9.82. The van der Waals surface area contributed by atoms with E-state index in [1.165, 1.54) is 0 Å². The second-order valence-corrected chi connectivity index (χ2v) is 4.80. The second-order valence-electron chi connectivity index (χ2n) is 4.32. The molecular weight excluding hydrogens is 218 g/mol. The maximum Gasteiger partial charge on any atom is 0.0184 e. The zero-order valence-corrected chi connectivity index (χ0v) is 10.3. The van der Waals surface area contributed by atoms with Gasteiger partial charge in [-0.15, -0.1) is 0 Å². The summed E-state index contributed by atoms with van der Waals surface area (Å²) in [5.41, 5.74) is 0. The summed E-state index contributed by atoms with van der Waals surface area (Å²) in [5.74, 6) is 1.58. The molecule has 0 aromatic carbocycles. The molecular formula is C14H18ClN. The third-order valence-electron chi connectivity index (χ3n) is 3.30. The van der Waals surface area contributed by atoms with E-state index < -0.39 is 0 Å². The van der Waals surface area contributed by atoms with Gasteiger partial charge in [-0.25, -0.2) is 4.42 Å². The van der Waals surface area contributed by atoms with Crippen molar-refractivity contribution in [1.29, 1.82) is 0 Å². The largest absolute Gasteiger partial charge is 0.220 e. The molecule has 0 aliphatic heterocycles. The molecule has 0 fully saturated rings. The van der Waals surface area contributed by atoms with E-state index in [0.717, 1.165) is 13.1 Å². The average molecular weight is 236 g/mol. The van der Waals surface area contributed by atoms with E-state index in [2.05, 4.69) is 55.5 Å². The van der Waals surface area contributed by atoms with Gasteiger partial charge in [0.25, 0.3) is 0 Å². The van der Waals surface area contributed by atoms with Gasteiger partial charge in [0.2, 0.25) is 0 Å². The Bertz CT molecular complexity index is 289. The molecule has 0 spiro atoms. The zero-order valence-electron chi connectivity index (χ0n) is 9.59. The van der Waals surface area contributed by atoms with Gasteiger partial charge in [-0.2, -0.15) is 0 Å². The third-order valence-corrected chi connectivity index (χ3v) is 3.67. The molecule has 2 rings (SSSR count). The highest BCUT2D eigenvalue weighted by molar-refractivity contribution is 6.13. The lowest BCUT2D eigenvalue weighted by Crippen LogP contribution is -2.29. The summed E-state index contributed by atoms with van der Waals surface area (Å²) < 4.78 is 1.88. The fraction of sp³-hybridized carbons (Fsp3) is 0.429. The predicted molar refractivity (Wildman–Crippen MR) is 70.1 cm³/mol. The summed E-state index contributed by atoms with van der Waals surface area (Å²) in [5, 5.41) is 0. The highest BCUT2D eigenvalue weighted by Gasteiger charge is 2.26. The summed E-state index contributed by atoms with van der Waals surface area (Å²) in [6.07, 6.45) is 17.6. The predicted octanol–water partition coefficient (Wildman–Crippen LogP) is 3.56.